The van der Waals surface area contributed by atoms with Gasteiger partial charge in [-0.15, -0.1) is 12.4 Å². The van der Waals surface area contributed by atoms with Crippen molar-refractivity contribution in [1.82, 2.24) is 15.5 Å². The van der Waals surface area contributed by atoms with Crippen LogP contribution in [-0.2, 0) is 6.54 Å². The van der Waals surface area contributed by atoms with Gasteiger partial charge in [-0.2, -0.15) is 4.98 Å². The minimum Gasteiger partial charge on any atom is -0.467 e. The summed E-state index contributed by atoms with van der Waals surface area (Å²) in [6.45, 7) is 2.08. The van der Waals surface area contributed by atoms with Crippen molar-refractivity contribution >= 4 is 18.3 Å². The second kappa shape index (κ2) is 8.30. The second-order valence-electron chi connectivity index (χ2n) is 6.03. The molecule has 7 nitrogen and oxygen atoms in total. The van der Waals surface area contributed by atoms with Crippen LogP contribution in [0.3, 0.4) is 0 Å². The maximum absolute atomic E-state index is 12.2. The molecule has 1 unspecified atom stereocenters. The van der Waals surface area contributed by atoms with Crippen LogP contribution in [0.5, 0.6) is 0 Å². The third-order valence-corrected chi connectivity index (χ3v) is 4.26. The van der Waals surface area contributed by atoms with Gasteiger partial charge in [0.05, 0.1) is 12.1 Å². The molecule has 2 aromatic heterocycles. The molecular weight excluding hydrogens is 332 g/mol. The molecule has 2 aromatic rings. The van der Waals surface area contributed by atoms with Crippen LogP contribution in [0.15, 0.2) is 21.3 Å². The van der Waals surface area contributed by atoms with Gasteiger partial charge in [-0.1, -0.05) is 24.4 Å². The molecular formula is C16H23ClN4O3. The molecule has 0 saturated heterocycles. The molecule has 0 aliphatic heterocycles. The Morgan fingerprint density at radius 3 is 2.83 bits per heavy atom. The Hall–Kier alpha value is -1.86. The average Bonchev–Trinajstić information content (AvgIpc) is 3.25. The second-order valence-corrected chi connectivity index (χ2v) is 6.03. The molecule has 0 aromatic carbocycles. The van der Waals surface area contributed by atoms with Crippen molar-refractivity contribution in [2.75, 3.05) is 0 Å². The van der Waals surface area contributed by atoms with E-state index in [0.717, 1.165) is 18.7 Å². The number of aromatic nitrogens is 2. The zero-order chi connectivity index (χ0) is 16.2. The number of nitrogens with two attached hydrogens (primary N) is 1. The van der Waals surface area contributed by atoms with Crippen LogP contribution in [0.25, 0.3) is 0 Å². The predicted octanol–water partition coefficient (Wildman–Crippen LogP) is 3.08. The summed E-state index contributed by atoms with van der Waals surface area (Å²) in [5.74, 6) is 1.89. The summed E-state index contributed by atoms with van der Waals surface area (Å²) < 4.78 is 10.5. The van der Waals surface area contributed by atoms with E-state index >= 15 is 0 Å². The lowest BCUT2D eigenvalue weighted by Gasteiger charge is -2.17. The molecule has 0 bridgehead atoms. The number of halogens is 1. The van der Waals surface area contributed by atoms with Crippen LogP contribution >= 0.6 is 12.4 Å². The van der Waals surface area contributed by atoms with Gasteiger partial charge in [0.1, 0.15) is 18.1 Å². The first-order valence-electron chi connectivity index (χ1n) is 8.09. The minimum absolute atomic E-state index is 0. The lowest BCUT2D eigenvalue weighted by Crippen LogP contribution is -2.26. The minimum atomic E-state index is -0.358. The van der Waals surface area contributed by atoms with Gasteiger partial charge >= 0.3 is 0 Å². The van der Waals surface area contributed by atoms with Gasteiger partial charge in [-0.25, -0.2) is 0 Å². The van der Waals surface area contributed by atoms with Crippen LogP contribution in [0, 0.1) is 0 Å². The molecule has 0 radical (unpaired) electrons. The van der Waals surface area contributed by atoms with E-state index in [1.54, 1.807) is 6.07 Å². The van der Waals surface area contributed by atoms with E-state index in [-0.39, 0.29) is 30.9 Å². The summed E-state index contributed by atoms with van der Waals surface area (Å²) in [6.07, 6.45) is 7.32. The number of hydrogen-bond donors (Lipinski definition) is 2. The number of hydrogen-bond acceptors (Lipinski definition) is 6. The van der Waals surface area contributed by atoms with Gasteiger partial charge in [-0.3, -0.25) is 4.79 Å². The van der Waals surface area contributed by atoms with E-state index in [0.29, 0.717) is 23.1 Å². The Labute approximate surface area is 146 Å². The highest BCUT2D eigenvalue weighted by atomic mass is 35.5. The average molecular weight is 355 g/mol. The van der Waals surface area contributed by atoms with Crippen molar-refractivity contribution in [3.05, 3.63) is 35.4 Å². The molecule has 3 N–H and O–H groups in total. The van der Waals surface area contributed by atoms with Gasteiger partial charge in [0, 0.05) is 5.92 Å². The highest BCUT2D eigenvalue weighted by molar-refractivity contribution is 5.94. The third-order valence-electron chi connectivity index (χ3n) is 4.26. The third kappa shape index (κ3) is 4.15. The van der Waals surface area contributed by atoms with E-state index in [2.05, 4.69) is 15.5 Å². The summed E-state index contributed by atoms with van der Waals surface area (Å²) in [6, 6.07) is 1.27. The molecule has 24 heavy (non-hydrogen) atoms. The molecule has 1 atom stereocenters. The topological polar surface area (TPSA) is 107 Å². The number of amides is 1. The molecule has 2 heterocycles. The van der Waals surface area contributed by atoms with E-state index in [1.165, 1.54) is 25.5 Å². The molecule has 8 heteroatoms. The van der Waals surface area contributed by atoms with E-state index < -0.39 is 0 Å². The lowest BCUT2D eigenvalue weighted by atomic mass is 9.89. The van der Waals surface area contributed by atoms with Crippen molar-refractivity contribution in [2.24, 2.45) is 5.73 Å². The van der Waals surface area contributed by atoms with Crippen molar-refractivity contribution in [2.45, 2.75) is 57.5 Å². The fourth-order valence-electron chi connectivity index (χ4n) is 2.90. The SMILES string of the molecule is CC(NC(=O)c1coc(CN)c1)c1nc(C2CCCCC2)no1.Cl. The summed E-state index contributed by atoms with van der Waals surface area (Å²) in [4.78, 5) is 16.6. The molecule has 1 fully saturated rings. The van der Waals surface area contributed by atoms with Crippen molar-refractivity contribution in [1.29, 1.82) is 0 Å². The Morgan fingerprint density at radius 1 is 1.42 bits per heavy atom. The maximum Gasteiger partial charge on any atom is 0.255 e. The number of rotatable bonds is 5. The number of carbonyl (C=O) groups is 1. The molecule has 1 saturated carbocycles. The van der Waals surface area contributed by atoms with Gasteiger partial charge in [0.2, 0.25) is 5.89 Å². The Balaban J connectivity index is 0.00000208. The first-order valence-corrected chi connectivity index (χ1v) is 8.09. The van der Waals surface area contributed by atoms with E-state index in [4.69, 9.17) is 14.7 Å². The number of nitrogens with zero attached hydrogens (tertiary/aromatic N) is 2. The van der Waals surface area contributed by atoms with Gasteiger partial charge in [0.15, 0.2) is 5.82 Å². The Kier molecular flexibility index (Phi) is 6.39. The maximum atomic E-state index is 12.2. The lowest BCUT2D eigenvalue weighted by molar-refractivity contribution is 0.0932. The molecule has 3 rings (SSSR count). The molecule has 0 spiro atoms. The standard InChI is InChI=1S/C16H22N4O3.ClH/c1-10(18-15(21)12-7-13(8-17)22-9-12)16-19-14(20-23-16)11-5-3-2-4-6-11;/h7,9-11H,2-6,8,17H2,1H3,(H,18,21);1H. The van der Waals surface area contributed by atoms with E-state index in [9.17, 15) is 4.79 Å². The Morgan fingerprint density at radius 2 is 2.17 bits per heavy atom. The Bertz CT molecular complexity index is 664. The highest BCUT2D eigenvalue weighted by Gasteiger charge is 2.23. The molecule has 1 aliphatic carbocycles. The summed E-state index contributed by atoms with van der Waals surface area (Å²) in [7, 11) is 0. The zero-order valence-electron chi connectivity index (χ0n) is 13.7. The van der Waals surface area contributed by atoms with Crippen molar-refractivity contribution in [3.8, 4) is 0 Å². The molecule has 132 valence electrons. The van der Waals surface area contributed by atoms with Crippen molar-refractivity contribution < 1.29 is 13.7 Å². The van der Waals surface area contributed by atoms with Crippen LogP contribution in [-0.4, -0.2) is 16.0 Å². The highest BCUT2D eigenvalue weighted by Crippen LogP contribution is 2.31. The van der Waals surface area contributed by atoms with E-state index in [1.807, 2.05) is 6.92 Å². The normalized spacial score (nSPS) is 16.4. The summed E-state index contributed by atoms with van der Waals surface area (Å²) in [5.41, 5.74) is 5.91. The first kappa shape index (κ1) is 18.5. The van der Waals surface area contributed by atoms with Crippen molar-refractivity contribution in [3.63, 3.8) is 0 Å². The molecule has 1 aliphatic rings. The van der Waals surface area contributed by atoms with Crippen LogP contribution in [0.2, 0.25) is 0 Å². The van der Waals surface area contributed by atoms with Crippen LogP contribution in [0.4, 0.5) is 0 Å². The number of furan rings is 1. The zero-order valence-corrected chi connectivity index (χ0v) is 14.5. The summed E-state index contributed by atoms with van der Waals surface area (Å²) >= 11 is 0. The smallest absolute Gasteiger partial charge is 0.255 e. The summed E-state index contributed by atoms with van der Waals surface area (Å²) in [5, 5.41) is 6.92. The van der Waals surface area contributed by atoms with Gasteiger partial charge in [-0.05, 0) is 25.8 Å². The van der Waals surface area contributed by atoms with Gasteiger partial charge in [0.25, 0.3) is 5.91 Å². The number of carbonyl (C=O) groups excluding carboxylic acids is 1. The number of nitrogens with one attached hydrogen (secondary N) is 1. The van der Waals surface area contributed by atoms with Crippen LogP contribution < -0.4 is 11.1 Å². The van der Waals surface area contributed by atoms with Crippen LogP contribution in [0.1, 0.15) is 78.8 Å². The predicted molar refractivity (Wildman–Crippen MR) is 89.9 cm³/mol. The monoisotopic (exact) mass is 354 g/mol. The molecule has 1 amide bonds. The first-order chi connectivity index (χ1) is 11.2. The fraction of sp³-hybridized carbons (Fsp3) is 0.562. The largest absolute Gasteiger partial charge is 0.467 e. The quantitative estimate of drug-likeness (QED) is 0.854. The fourth-order valence-corrected chi connectivity index (χ4v) is 2.90. The van der Waals surface area contributed by atoms with Gasteiger partial charge < -0.3 is 20.0 Å².